The third-order valence-electron chi connectivity index (χ3n) is 4.13. The van der Waals surface area contributed by atoms with Gasteiger partial charge in [0.05, 0.1) is 19.8 Å². The molecule has 1 aromatic heterocycles. The second-order valence-electron chi connectivity index (χ2n) is 5.86. The number of ether oxygens (including phenoxy) is 1. The number of nitrogens with one attached hydrogen (secondary N) is 1. The van der Waals surface area contributed by atoms with Crippen LogP contribution in [0, 0.1) is 6.92 Å². The minimum Gasteiger partial charge on any atom is -0.460 e. The molecule has 4 nitrogen and oxygen atoms in total. The molecule has 1 aliphatic rings. The average Bonchev–Trinajstić information content (AvgIpc) is 3.04. The van der Waals surface area contributed by atoms with Crippen molar-refractivity contribution < 1.29 is 9.15 Å². The van der Waals surface area contributed by atoms with E-state index in [1.807, 2.05) is 37.3 Å². The van der Waals surface area contributed by atoms with E-state index in [4.69, 9.17) is 20.8 Å². The Morgan fingerprint density at radius 3 is 2.60 bits per heavy atom. The van der Waals surface area contributed by atoms with Crippen LogP contribution in [0.1, 0.15) is 11.3 Å². The fourth-order valence-corrected chi connectivity index (χ4v) is 2.83. The Bertz CT molecular complexity index is 643. The minimum absolute atomic E-state index is 0. The molecule has 0 aliphatic carbocycles. The minimum atomic E-state index is 0. The predicted molar refractivity (Wildman–Crippen MR) is 107 cm³/mol. The lowest BCUT2D eigenvalue weighted by molar-refractivity contribution is 0.0383. The van der Waals surface area contributed by atoms with Crippen LogP contribution in [0.25, 0.3) is 11.3 Å². The molecule has 0 radical (unpaired) electrons. The van der Waals surface area contributed by atoms with Crippen LogP contribution in [0.2, 0.25) is 5.02 Å². The number of nitrogens with zero attached hydrogens (tertiary/aromatic N) is 1. The molecule has 140 valence electrons. The first-order valence-electron chi connectivity index (χ1n) is 8.08. The van der Waals surface area contributed by atoms with Crippen molar-refractivity contribution in [3.8, 4) is 11.3 Å². The zero-order chi connectivity index (χ0) is 16.1. The largest absolute Gasteiger partial charge is 0.460 e. The molecule has 25 heavy (non-hydrogen) atoms. The van der Waals surface area contributed by atoms with Crippen molar-refractivity contribution in [2.45, 2.75) is 13.5 Å². The van der Waals surface area contributed by atoms with Crippen molar-refractivity contribution in [1.82, 2.24) is 10.2 Å². The van der Waals surface area contributed by atoms with E-state index >= 15 is 0 Å². The van der Waals surface area contributed by atoms with Crippen LogP contribution in [0.3, 0.4) is 0 Å². The summed E-state index contributed by atoms with van der Waals surface area (Å²) in [5, 5.41) is 4.20. The van der Waals surface area contributed by atoms with Gasteiger partial charge >= 0.3 is 0 Å². The summed E-state index contributed by atoms with van der Waals surface area (Å²) >= 11 is 6.18. The van der Waals surface area contributed by atoms with Crippen molar-refractivity contribution >= 4 is 36.4 Å². The van der Waals surface area contributed by atoms with Crippen LogP contribution in [0.5, 0.6) is 0 Å². The maximum absolute atomic E-state index is 6.18. The molecular weight excluding hydrogens is 383 g/mol. The standard InChI is InChI=1S/C18H23ClN2O2.2ClH/c1-14-2-3-15(12-17(14)19)18-5-4-16(23-18)13-20-6-7-21-8-10-22-11-9-21;;/h2-5,12,20H,6-11,13H2,1H3;2*1H. The van der Waals surface area contributed by atoms with Crippen LogP contribution in [0.15, 0.2) is 34.7 Å². The highest BCUT2D eigenvalue weighted by Gasteiger charge is 2.10. The van der Waals surface area contributed by atoms with Gasteiger partial charge in [-0.25, -0.2) is 0 Å². The smallest absolute Gasteiger partial charge is 0.134 e. The van der Waals surface area contributed by atoms with Crippen molar-refractivity contribution in [1.29, 1.82) is 0 Å². The number of benzene rings is 1. The highest BCUT2D eigenvalue weighted by molar-refractivity contribution is 6.31. The van der Waals surface area contributed by atoms with Gasteiger partial charge in [0, 0.05) is 36.8 Å². The third-order valence-corrected chi connectivity index (χ3v) is 4.53. The molecule has 0 unspecified atom stereocenters. The zero-order valence-electron chi connectivity index (χ0n) is 14.3. The first-order valence-corrected chi connectivity index (χ1v) is 8.46. The van der Waals surface area contributed by atoms with Crippen LogP contribution < -0.4 is 5.32 Å². The first kappa shape index (κ1) is 22.3. The quantitative estimate of drug-likeness (QED) is 0.729. The predicted octanol–water partition coefficient (Wildman–Crippen LogP) is 4.17. The van der Waals surface area contributed by atoms with Gasteiger partial charge in [0.25, 0.3) is 0 Å². The number of morpholine rings is 1. The molecule has 1 aliphatic heterocycles. The van der Waals surface area contributed by atoms with E-state index in [2.05, 4.69) is 10.2 Å². The lowest BCUT2D eigenvalue weighted by Gasteiger charge is -2.26. The zero-order valence-corrected chi connectivity index (χ0v) is 16.7. The van der Waals surface area contributed by atoms with E-state index in [0.29, 0.717) is 0 Å². The van der Waals surface area contributed by atoms with Gasteiger partial charge in [-0.1, -0.05) is 23.7 Å². The van der Waals surface area contributed by atoms with Crippen molar-refractivity contribution in [3.05, 3.63) is 46.7 Å². The Morgan fingerprint density at radius 2 is 1.88 bits per heavy atom. The molecule has 0 saturated carbocycles. The Labute approximate surface area is 166 Å². The van der Waals surface area contributed by atoms with E-state index < -0.39 is 0 Å². The molecule has 0 spiro atoms. The molecule has 3 rings (SSSR count). The molecule has 0 atom stereocenters. The Morgan fingerprint density at radius 1 is 1.12 bits per heavy atom. The Hall–Kier alpha value is -0.750. The summed E-state index contributed by atoms with van der Waals surface area (Å²) in [7, 11) is 0. The molecule has 0 amide bonds. The van der Waals surface area contributed by atoms with Crippen LogP contribution in [-0.2, 0) is 11.3 Å². The summed E-state index contributed by atoms with van der Waals surface area (Å²) in [5.41, 5.74) is 2.09. The molecule has 1 fully saturated rings. The monoisotopic (exact) mass is 406 g/mol. The van der Waals surface area contributed by atoms with Crippen molar-refractivity contribution in [3.63, 3.8) is 0 Å². The molecule has 2 heterocycles. The lowest BCUT2D eigenvalue weighted by atomic mass is 10.1. The highest BCUT2D eigenvalue weighted by Crippen LogP contribution is 2.26. The SMILES string of the molecule is Cc1ccc(-c2ccc(CNCCN3CCOCC3)o2)cc1Cl.Cl.Cl. The molecule has 0 bridgehead atoms. The molecule has 7 heteroatoms. The van der Waals surface area contributed by atoms with Gasteiger partial charge in [0.2, 0.25) is 0 Å². The molecule has 1 N–H and O–H groups in total. The Balaban J connectivity index is 0.00000156. The average molecular weight is 408 g/mol. The van der Waals surface area contributed by atoms with Gasteiger partial charge in [-0.2, -0.15) is 0 Å². The summed E-state index contributed by atoms with van der Waals surface area (Å²) < 4.78 is 11.3. The number of aryl methyl sites for hydroxylation is 1. The number of hydrogen-bond acceptors (Lipinski definition) is 4. The molecule has 1 saturated heterocycles. The second-order valence-corrected chi connectivity index (χ2v) is 6.27. The van der Waals surface area contributed by atoms with Gasteiger partial charge in [-0.05, 0) is 30.7 Å². The maximum atomic E-state index is 6.18. The summed E-state index contributed by atoms with van der Waals surface area (Å²) in [6.45, 7) is 8.49. The summed E-state index contributed by atoms with van der Waals surface area (Å²) in [6.07, 6.45) is 0. The van der Waals surface area contributed by atoms with Gasteiger partial charge < -0.3 is 14.5 Å². The summed E-state index contributed by atoms with van der Waals surface area (Å²) in [5.74, 6) is 1.80. The maximum Gasteiger partial charge on any atom is 0.134 e. The van der Waals surface area contributed by atoms with Crippen molar-refractivity contribution in [2.75, 3.05) is 39.4 Å². The third kappa shape index (κ3) is 6.48. The van der Waals surface area contributed by atoms with E-state index in [-0.39, 0.29) is 24.8 Å². The number of rotatable bonds is 6. The van der Waals surface area contributed by atoms with E-state index in [1.54, 1.807) is 0 Å². The fraction of sp³-hybridized carbons (Fsp3) is 0.444. The fourth-order valence-electron chi connectivity index (χ4n) is 2.65. The number of halogens is 3. The van der Waals surface area contributed by atoms with Gasteiger partial charge in [0.1, 0.15) is 11.5 Å². The molecular formula is C18H25Cl3N2O2. The number of furan rings is 1. The lowest BCUT2D eigenvalue weighted by Crippen LogP contribution is -2.40. The second kappa shape index (κ2) is 11.1. The topological polar surface area (TPSA) is 37.6 Å². The van der Waals surface area contributed by atoms with E-state index in [9.17, 15) is 0 Å². The summed E-state index contributed by atoms with van der Waals surface area (Å²) in [6, 6.07) is 10.0. The van der Waals surface area contributed by atoms with Gasteiger partial charge in [-0.15, -0.1) is 24.8 Å². The van der Waals surface area contributed by atoms with Crippen LogP contribution in [-0.4, -0.2) is 44.3 Å². The van der Waals surface area contributed by atoms with E-state index in [1.165, 1.54) is 0 Å². The summed E-state index contributed by atoms with van der Waals surface area (Å²) in [4.78, 5) is 2.42. The molecule has 2 aromatic rings. The number of hydrogen-bond donors (Lipinski definition) is 1. The Kier molecular flexibility index (Phi) is 9.87. The van der Waals surface area contributed by atoms with Gasteiger partial charge in [-0.3, -0.25) is 4.90 Å². The van der Waals surface area contributed by atoms with E-state index in [0.717, 1.165) is 73.6 Å². The van der Waals surface area contributed by atoms with Gasteiger partial charge in [0.15, 0.2) is 0 Å². The molecule has 1 aromatic carbocycles. The van der Waals surface area contributed by atoms with Crippen molar-refractivity contribution in [2.24, 2.45) is 0 Å². The normalized spacial score (nSPS) is 14.6. The highest BCUT2D eigenvalue weighted by atomic mass is 35.5. The van der Waals surface area contributed by atoms with Crippen LogP contribution in [0.4, 0.5) is 0 Å². The first-order chi connectivity index (χ1) is 11.2. The van der Waals surface area contributed by atoms with Crippen LogP contribution >= 0.6 is 36.4 Å².